The third-order valence-electron chi connectivity index (χ3n) is 3.45. The number of hydrogen-bond donors (Lipinski definition) is 2. The van der Waals surface area contributed by atoms with Crippen molar-refractivity contribution in [2.45, 2.75) is 19.4 Å². The van der Waals surface area contributed by atoms with Crippen molar-refractivity contribution < 1.29 is 0 Å². The first-order valence-electron chi connectivity index (χ1n) is 6.54. The lowest BCUT2D eigenvalue weighted by Crippen LogP contribution is -2.32. The average Bonchev–Trinajstić information content (AvgIpc) is 2.44. The molecule has 5 nitrogen and oxygen atoms in total. The van der Waals surface area contributed by atoms with E-state index in [9.17, 15) is 4.79 Å². The summed E-state index contributed by atoms with van der Waals surface area (Å²) >= 11 is 1.82. The van der Waals surface area contributed by atoms with Crippen molar-refractivity contribution in [3.63, 3.8) is 0 Å². The van der Waals surface area contributed by atoms with Crippen LogP contribution in [0.4, 0.5) is 11.6 Å². The first-order valence-corrected chi connectivity index (χ1v) is 7.93. The van der Waals surface area contributed by atoms with Gasteiger partial charge in [-0.2, -0.15) is 11.8 Å². The molecule has 1 heterocycles. The predicted molar refractivity (Wildman–Crippen MR) is 87.6 cm³/mol. The maximum absolute atomic E-state index is 12.1. The Morgan fingerprint density at radius 2 is 2.25 bits per heavy atom. The molecule has 0 radical (unpaired) electrons. The third-order valence-corrected chi connectivity index (χ3v) is 4.10. The molecule has 3 N–H and O–H groups in total. The number of rotatable bonds is 5. The molecule has 0 fully saturated rings. The second-order valence-corrected chi connectivity index (χ2v) is 5.89. The van der Waals surface area contributed by atoms with Crippen LogP contribution in [0.15, 0.2) is 23.0 Å². The summed E-state index contributed by atoms with van der Waals surface area (Å²) in [5.41, 5.74) is 6.79. The van der Waals surface area contributed by atoms with Crippen molar-refractivity contribution in [3.8, 4) is 0 Å². The maximum Gasteiger partial charge on any atom is 0.260 e. The van der Waals surface area contributed by atoms with Crippen LogP contribution in [0, 0.1) is 0 Å². The van der Waals surface area contributed by atoms with Gasteiger partial charge in [-0.15, -0.1) is 0 Å². The summed E-state index contributed by atoms with van der Waals surface area (Å²) in [6.45, 7) is 2.13. The second kappa shape index (κ2) is 6.17. The summed E-state index contributed by atoms with van der Waals surface area (Å²) in [5, 5.41) is 0.527. The van der Waals surface area contributed by atoms with Crippen LogP contribution in [0.2, 0.25) is 0 Å². The second-order valence-electron chi connectivity index (χ2n) is 4.91. The first kappa shape index (κ1) is 14.7. The van der Waals surface area contributed by atoms with Gasteiger partial charge in [-0.3, -0.25) is 9.78 Å². The fourth-order valence-corrected chi connectivity index (χ4v) is 2.58. The van der Waals surface area contributed by atoms with Gasteiger partial charge in [0.2, 0.25) is 5.95 Å². The lowest BCUT2D eigenvalue weighted by atomic mass is 10.2. The van der Waals surface area contributed by atoms with Crippen molar-refractivity contribution in [1.82, 2.24) is 9.97 Å². The lowest BCUT2D eigenvalue weighted by Gasteiger charge is -2.25. The molecule has 0 amide bonds. The molecule has 0 aliphatic heterocycles. The van der Waals surface area contributed by atoms with E-state index in [-0.39, 0.29) is 5.56 Å². The fourth-order valence-electron chi connectivity index (χ4n) is 2.00. The Hall–Kier alpha value is -1.69. The Labute approximate surface area is 122 Å². The van der Waals surface area contributed by atoms with E-state index in [1.54, 1.807) is 18.2 Å². The highest BCUT2D eigenvalue weighted by Crippen LogP contribution is 2.16. The molecule has 0 saturated heterocycles. The number of nitrogens with two attached hydrogens (primary N) is 1. The zero-order valence-corrected chi connectivity index (χ0v) is 12.8. The molecule has 2 aromatic rings. The molecule has 0 bridgehead atoms. The number of aromatic amines is 1. The number of fused-ring (bicyclic) bond motifs is 1. The van der Waals surface area contributed by atoms with Crippen LogP contribution in [0.1, 0.15) is 13.3 Å². The molecule has 0 aliphatic carbocycles. The molecule has 2 rings (SSSR count). The summed E-state index contributed by atoms with van der Waals surface area (Å²) in [7, 11) is 1.95. The van der Waals surface area contributed by atoms with Gasteiger partial charge in [0.25, 0.3) is 5.56 Å². The number of nitrogen functional groups attached to an aromatic ring is 1. The number of nitrogens with one attached hydrogen (secondary N) is 1. The van der Waals surface area contributed by atoms with E-state index in [1.807, 2.05) is 23.7 Å². The molecule has 1 unspecified atom stereocenters. The predicted octanol–water partition coefficient (Wildman–Crippen LogP) is 2.08. The smallest absolute Gasteiger partial charge is 0.260 e. The summed E-state index contributed by atoms with van der Waals surface area (Å²) in [6.07, 6.45) is 3.13. The quantitative estimate of drug-likeness (QED) is 0.825. The minimum atomic E-state index is -0.152. The van der Waals surface area contributed by atoms with Gasteiger partial charge < -0.3 is 10.6 Å². The summed E-state index contributed by atoms with van der Waals surface area (Å²) in [4.78, 5) is 21.5. The van der Waals surface area contributed by atoms with Gasteiger partial charge >= 0.3 is 0 Å². The zero-order valence-electron chi connectivity index (χ0n) is 12.0. The number of benzene rings is 1. The maximum atomic E-state index is 12.1. The molecule has 1 aromatic carbocycles. The van der Waals surface area contributed by atoms with Crippen molar-refractivity contribution >= 4 is 34.3 Å². The molecule has 108 valence electrons. The number of thioether (sulfide) groups is 1. The van der Waals surface area contributed by atoms with Crippen molar-refractivity contribution in [1.29, 1.82) is 0 Å². The lowest BCUT2D eigenvalue weighted by molar-refractivity contribution is 0.654. The van der Waals surface area contributed by atoms with Crippen molar-refractivity contribution in [3.05, 3.63) is 28.6 Å². The molecule has 6 heteroatoms. The van der Waals surface area contributed by atoms with Crippen LogP contribution >= 0.6 is 11.8 Å². The number of H-pyrrole nitrogens is 1. The molecule has 0 spiro atoms. The largest absolute Gasteiger partial charge is 0.399 e. The average molecular weight is 292 g/mol. The molecule has 0 saturated carbocycles. The van der Waals surface area contributed by atoms with Gasteiger partial charge in [0.15, 0.2) is 0 Å². The Morgan fingerprint density at radius 3 is 2.95 bits per heavy atom. The summed E-state index contributed by atoms with van der Waals surface area (Å²) in [6, 6.07) is 5.51. The van der Waals surface area contributed by atoms with Gasteiger partial charge in [-0.25, -0.2) is 4.98 Å². The Balaban J connectivity index is 2.36. The van der Waals surface area contributed by atoms with Crippen LogP contribution < -0.4 is 16.2 Å². The van der Waals surface area contributed by atoms with Gasteiger partial charge in [0, 0.05) is 18.8 Å². The van der Waals surface area contributed by atoms with Crippen LogP contribution in [-0.2, 0) is 0 Å². The van der Waals surface area contributed by atoms with Crippen LogP contribution in [0.25, 0.3) is 10.9 Å². The summed E-state index contributed by atoms with van der Waals surface area (Å²) < 4.78 is 0. The summed E-state index contributed by atoms with van der Waals surface area (Å²) in [5.74, 6) is 1.68. The highest BCUT2D eigenvalue weighted by atomic mass is 32.2. The Bertz CT molecular complexity index is 655. The van der Waals surface area contributed by atoms with Crippen LogP contribution in [0.5, 0.6) is 0 Å². The molecule has 20 heavy (non-hydrogen) atoms. The highest BCUT2D eigenvalue weighted by Gasteiger charge is 2.13. The monoisotopic (exact) mass is 292 g/mol. The van der Waals surface area contributed by atoms with E-state index in [1.165, 1.54) is 0 Å². The minimum absolute atomic E-state index is 0.152. The number of nitrogens with zero attached hydrogens (tertiary/aromatic N) is 2. The molecular formula is C14H20N4OS. The van der Waals surface area contributed by atoms with E-state index in [0.29, 0.717) is 28.6 Å². The third kappa shape index (κ3) is 3.07. The van der Waals surface area contributed by atoms with E-state index < -0.39 is 0 Å². The molecule has 0 aliphatic rings. The Morgan fingerprint density at radius 1 is 1.50 bits per heavy atom. The zero-order chi connectivity index (χ0) is 14.7. The number of anilines is 2. The van der Waals surface area contributed by atoms with Gasteiger partial charge in [-0.1, -0.05) is 0 Å². The molecular weight excluding hydrogens is 272 g/mol. The van der Waals surface area contributed by atoms with Crippen molar-refractivity contribution in [2.24, 2.45) is 0 Å². The van der Waals surface area contributed by atoms with E-state index in [0.717, 1.165) is 12.2 Å². The van der Waals surface area contributed by atoms with Gasteiger partial charge in [0.05, 0.1) is 10.9 Å². The number of aromatic nitrogens is 2. The fraction of sp³-hybridized carbons (Fsp3) is 0.429. The highest BCUT2D eigenvalue weighted by molar-refractivity contribution is 7.98. The SMILES string of the molecule is CSCCC(C)N(C)c1nc2ccc(N)cc2c(=O)[nH]1. The first-order chi connectivity index (χ1) is 9.52. The number of hydrogen-bond acceptors (Lipinski definition) is 5. The standard InChI is InChI=1S/C14H20N4OS/c1-9(6-7-20-3)18(2)14-16-12-5-4-10(15)8-11(12)13(19)17-14/h4-5,8-9H,6-7,15H2,1-3H3,(H,16,17,19). The van der Waals surface area contributed by atoms with Crippen LogP contribution in [0.3, 0.4) is 0 Å². The van der Waals surface area contributed by atoms with E-state index in [2.05, 4.69) is 23.1 Å². The molecule has 1 atom stereocenters. The minimum Gasteiger partial charge on any atom is -0.399 e. The van der Waals surface area contributed by atoms with E-state index >= 15 is 0 Å². The molecule has 1 aromatic heterocycles. The normalized spacial score (nSPS) is 12.6. The van der Waals surface area contributed by atoms with Gasteiger partial charge in [0.1, 0.15) is 0 Å². The van der Waals surface area contributed by atoms with Crippen LogP contribution in [-0.4, -0.2) is 35.1 Å². The Kier molecular flexibility index (Phi) is 4.54. The van der Waals surface area contributed by atoms with Gasteiger partial charge in [-0.05, 0) is 43.6 Å². The van der Waals surface area contributed by atoms with Crippen molar-refractivity contribution in [2.75, 3.05) is 29.7 Å². The topological polar surface area (TPSA) is 75.0 Å². The van der Waals surface area contributed by atoms with E-state index in [4.69, 9.17) is 5.73 Å².